The summed E-state index contributed by atoms with van der Waals surface area (Å²) in [6, 6.07) is 12.7. The van der Waals surface area contributed by atoms with E-state index in [-0.39, 0.29) is 11.3 Å². The minimum Gasteiger partial charge on any atom is -0.506 e. The van der Waals surface area contributed by atoms with E-state index in [9.17, 15) is 14.7 Å². The van der Waals surface area contributed by atoms with Gasteiger partial charge in [-0.2, -0.15) is 12.6 Å². The molecule has 0 saturated heterocycles. The van der Waals surface area contributed by atoms with Crippen LogP contribution in [0.2, 0.25) is 0 Å². The van der Waals surface area contributed by atoms with Crippen molar-refractivity contribution in [2.24, 2.45) is 0 Å². The van der Waals surface area contributed by atoms with Crippen molar-refractivity contribution in [3.8, 4) is 5.75 Å². The van der Waals surface area contributed by atoms with Gasteiger partial charge in [-0.3, -0.25) is 9.59 Å². The molecule has 5 nitrogen and oxygen atoms in total. The molecule has 0 radical (unpaired) electrons. The molecule has 134 valence electrons. The van der Waals surface area contributed by atoms with Gasteiger partial charge in [-0.25, -0.2) is 0 Å². The molecule has 3 rings (SSSR count). The van der Waals surface area contributed by atoms with Gasteiger partial charge in [-0.05, 0) is 47.9 Å². The second-order valence-electron chi connectivity index (χ2n) is 6.00. The van der Waals surface area contributed by atoms with E-state index in [1.54, 1.807) is 24.3 Å². The number of H-pyrrole nitrogens is 1. The SMILES string of the molecule is CCc1ccc(NC(=O)c2c(O)c3c(CCS)cccc3[nH]c2=O)cc1. The number of thiol groups is 1. The number of rotatable bonds is 5. The molecule has 3 N–H and O–H groups in total. The third-order valence-corrected chi connectivity index (χ3v) is 4.55. The van der Waals surface area contributed by atoms with Gasteiger partial charge in [0.1, 0.15) is 11.3 Å². The van der Waals surface area contributed by atoms with E-state index in [0.29, 0.717) is 28.8 Å². The quantitative estimate of drug-likeness (QED) is 0.520. The number of aromatic amines is 1. The number of pyridine rings is 1. The van der Waals surface area contributed by atoms with E-state index in [1.165, 1.54) is 0 Å². The number of nitrogens with one attached hydrogen (secondary N) is 2. The van der Waals surface area contributed by atoms with Gasteiger partial charge in [-0.1, -0.05) is 31.2 Å². The van der Waals surface area contributed by atoms with E-state index in [1.807, 2.05) is 25.1 Å². The largest absolute Gasteiger partial charge is 0.506 e. The van der Waals surface area contributed by atoms with Crippen LogP contribution in [0.4, 0.5) is 5.69 Å². The number of hydrogen-bond donors (Lipinski definition) is 4. The second kappa shape index (κ2) is 7.66. The van der Waals surface area contributed by atoms with Crippen LogP contribution in [0.5, 0.6) is 5.75 Å². The number of carbonyl (C=O) groups excluding carboxylic acids is 1. The molecule has 0 aliphatic heterocycles. The van der Waals surface area contributed by atoms with Crippen molar-refractivity contribution >= 4 is 35.1 Å². The molecule has 6 heteroatoms. The lowest BCUT2D eigenvalue weighted by Gasteiger charge is -2.11. The predicted octanol–water partition coefficient (Wildman–Crippen LogP) is 3.52. The molecule has 2 aromatic carbocycles. The van der Waals surface area contributed by atoms with Crippen LogP contribution in [-0.4, -0.2) is 21.8 Å². The Kier molecular flexibility index (Phi) is 5.32. The molecule has 0 aliphatic carbocycles. The summed E-state index contributed by atoms with van der Waals surface area (Å²) in [7, 11) is 0. The summed E-state index contributed by atoms with van der Waals surface area (Å²) < 4.78 is 0. The highest BCUT2D eigenvalue weighted by Crippen LogP contribution is 2.29. The van der Waals surface area contributed by atoms with Crippen molar-refractivity contribution in [3.05, 3.63) is 69.5 Å². The number of amides is 1. The predicted molar refractivity (Wildman–Crippen MR) is 108 cm³/mol. The molecule has 0 bridgehead atoms. The maximum absolute atomic E-state index is 12.6. The fraction of sp³-hybridized carbons (Fsp3) is 0.200. The van der Waals surface area contributed by atoms with Crippen LogP contribution in [-0.2, 0) is 12.8 Å². The van der Waals surface area contributed by atoms with E-state index in [2.05, 4.69) is 22.9 Å². The van der Waals surface area contributed by atoms with Crippen molar-refractivity contribution in [3.63, 3.8) is 0 Å². The Morgan fingerprint density at radius 3 is 2.58 bits per heavy atom. The Morgan fingerprint density at radius 1 is 1.19 bits per heavy atom. The van der Waals surface area contributed by atoms with Crippen LogP contribution in [0.15, 0.2) is 47.3 Å². The minimum atomic E-state index is -0.643. The summed E-state index contributed by atoms with van der Waals surface area (Å²) >= 11 is 4.23. The van der Waals surface area contributed by atoms with Gasteiger partial charge in [0.25, 0.3) is 11.5 Å². The van der Waals surface area contributed by atoms with Crippen LogP contribution in [0.3, 0.4) is 0 Å². The van der Waals surface area contributed by atoms with Gasteiger partial charge in [-0.15, -0.1) is 0 Å². The Hall–Kier alpha value is -2.73. The zero-order valence-electron chi connectivity index (χ0n) is 14.4. The molecule has 0 unspecified atom stereocenters. The Bertz CT molecular complexity index is 1010. The first-order chi connectivity index (χ1) is 12.5. The van der Waals surface area contributed by atoms with Gasteiger partial charge in [0.05, 0.1) is 5.52 Å². The number of hydrogen-bond acceptors (Lipinski definition) is 4. The number of aromatic nitrogens is 1. The van der Waals surface area contributed by atoms with Gasteiger partial charge in [0.2, 0.25) is 0 Å². The van der Waals surface area contributed by atoms with Crippen molar-refractivity contribution in [2.75, 3.05) is 11.1 Å². The van der Waals surface area contributed by atoms with Crippen LogP contribution in [0, 0.1) is 0 Å². The maximum atomic E-state index is 12.6. The standard InChI is InChI=1S/C20H20N2O3S/c1-2-12-6-8-14(9-7-12)21-19(24)17-18(23)16-13(10-11-26)4-3-5-15(16)22-20(17)25/h3-9,26H,2,10-11H2,1H3,(H,21,24)(H2,22,23,25). The Balaban J connectivity index is 2.04. The number of fused-ring (bicyclic) bond motifs is 1. The molecule has 1 amide bonds. The Morgan fingerprint density at radius 2 is 1.92 bits per heavy atom. The molecule has 0 atom stereocenters. The second-order valence-corrected chi connectivity index (χ2v) is 6.44. The van der Waals surface area contributed by atoms with Crippen LogP contribution >= 0.6 is 12.6 Å². The molecular weight excluding hydrogens is 348 g/mol. The molecule has 0 saturated carbocycles. The molecule has 0 fully saturated rings. The van der Waals surface area contributed by atoms with E-state index >= 15 is 0 Å². The van der Waals surface area contributed by atoms with Gasteiger partial charge < -0.3 is 15.4 Å². The normalized spacial score (nSPS) is 10.8. The van der Waals surface area contributed by atoms with Gasteiger partial charge in [0, 0.05) is 11.1 Å². The first-order valence-corrected chi connectivity index (χ1v) is 9.06. The molecule has 1 aromatic heterocycles. The zero-order valence-corrected chi connectivity index (χ0v) is 15.3. The summed E-state index contributed by atoms with van der Waals surface area (Å²) in [4.78, 5) is 27.7. The summed E-state index contributed by atoms with van der Waals surface area (Å²) in [6.07, 6.45) is 1.51. The number of aromatic hydroxyl groups is 1. The van der Waals surface area contributed by atoms with E-state index in [0.717, 1.165) is 17.5 Å². The number of carbonyl (C=O) groups is 1. The topological polar surface area (TPSA) is 82.2 Å². The third-order valence-electron chi connectivity index (χ3n) is 4.33. The Labute approximate surface area is 156 Å². The van der Waals surface area contributed by atoms with Crippen molar-refractivity contribution < 1.29 is 9.90 Å². The first kappa shape index (κ1) is 18.1. The van der Waals surface area contributed by atoms with Gasteiger partial charge in [0.15, 0.2) is 0 Å². The van der Waals surface area contributed by atoms with E-state index in [4.69, 9.17) is 0 Å². The highest BCUT2D eigenvalue weighted by Gasteiger charge is 2.20. The summed E-state index contributed by atoms with van der Waals surface area (Å²) in [5.74, 6) is -0.359. The number of anilines is 1. The number of aryl methyl sites for hydroxylation is 2. The zero-order chi connectivity index (χ0) is 18.7. The summed E-state index contributed by atoms with van der Waals surface area (Å²) in [5, 5.41) is 13.8. The lowest BCUT2D eigenvalue weighted by atomic mass is 10.0. The fourth-order valence-electron chi connectivity index (χ4n) is 2.96. The molecule has 3 aromatic rings. The summed E-state index contributed by atoms with van der Waals surface area (Å²) in [5.41, 5.74) is 2.12. The molecule has 0 spiro atoms. The first-order valence-electron chi connectivity index (χ1n) is 8.43. The van der Waals surface area contributed by atoms with Crippen molar-refractivity contribution in [1.29, 1.82) is 0 Å². The van der Waals surface area contributed by atoms with Crippen molar-refractivity contribution in [1.82, 2.24) is 4.98 Å². The lowest BCUT2D eigenvalue weighted by Crippen LogP contribution is -2.23. The average molecular weight is 368 g/mol. The number of benzene rings is 2. The fourth-order valence-corrected chi connectivity index (χ4v) is 3.20. The molecule has 0 aliphatic rings. The smallest absolute Gasteiger partial charge is 0.265 e. The van der Waals surface area contributed by atoms with Crippen LogP contribution in [0.1, 0.15) is 28.4 Å². The molecule has 26 heavy (non-hydrogen) atoms. The molecular formula is C20H20N2O3S. The van der Waals surface area contributed by atoms with Crippen molar-refractivity contribution in [2.45, 2.75) is 19.8 Å². The maximum Gasteiger partial charge on any atom is 0.265 e. The monoisotopic (exact) mass is 368 g/mol. The lowest BCUT2D eigenvalue weighted by molar-refractivity contribution is 0.102. The van der Waals surface area contributed by atoms with Crippen LogP contribution < -0.4 is 10.9 Å². The minimum absolute atomic E-state index is 0.288. The van der Waals surface area contributed by atoms with Crippen LogP contribution in [0.25, 0.3) is 10.9 Å². The average Bonchev–Trinajstić information content (AvgIpc) is 2.62. The highest BCUT2D eigenvalue weighted by atomic mass is 32.1. The third kappa shape index (κ3) is 3.46. The van der Waals surface area contributed by atoms with Gasteiger partial charge >= 0.3 is 0 Å². The highest BCUT2D eigenvalue weighted by molar-refractivity contribution is 7.80. The molecule has 1 heterocycles. The van der Waals surface area contributed by atoms with E-state index < -0.39 is 11.5 Å². The summed E-state index contributed by atoms with van der Waals surface area (Å²) in [6.45, 7) is 2.04.